The number of likely N-dealkylation sites (tertiary alicyclic amines) is 1. The Hall–Kier alpha value is -0.160. The smallest absolute Gasteiger partial charge is 0.0900 e. The molecule has 1 saturated carbocycles. The summed E-state index contributed by atoms with van der Waals surface area (Å²) in [6.45, 7) is 6.07. The quantitative estimate of drug-likeness (QED) is 0.742. The molecule has 4 unspecified atom stereocenters. The Morgan fingerprint density at radius 3 is 2.50 bits per heavy atom. The van der Waals surface area contributed by atoms with Gasteiger partial charge in [0.15, 0.2) is 0 Å². The number of rotatable bonds is 7. The lowest BCUT2D eigenvalue weighted by Crippen LogP contribution is -2.35. The summed E-state index contributed by atoms with van der Waals surface area (Å²) in [7, 11) is 1.67. The molecule has 1 saturated heterocycles. The topological polar surface area (TPSA) is 41.9 Å². The average molecular weight is 257 g/mol. The summed E-state index contributed by atoms with van der Waals surface area (Å²) in [5, 5.41) is 9.98. The van der Waals surface area contributed by atoms with Crippen molar-refractivity contribution in [1.29, 1.82) is 0 Å². The van der Waals surface area contributed by atoms with Crippen molar-refractivity contribution in [3.8, 4) is 0 Å². The number of β-amino-alcohol motifs (C(OH)–C–C–N with tert-alkyl or cyclic N) is 1. The molecule has 1 aliphatic carbocycles. The number of hydrogen-bond acceptors (Lipinski definition) is 4. The lowest BCUT2D eigenvalue weighted by atomic mass is 10.0. The van der Waals surface area contributed by atoms with Crippen LogP contribution in [-0.2, 0) is 9.47 Å². The minimum Gasteiger partial charge on any atom is -0.389 e. The van der Waals surface area contributed by atoms with Crippen LogP contribution in [0.15, 0.2) is 0 Å². The van der Waals surface area contributed by atoms with Crippen molar-refractivity contribution in [3.05, 3.63) is 0 Å². The first-order valence-corrected chi connectivity index (χ1v) is 7.20. The summed E-state index contributed by atoms with van der Waals surface area (Å²) in [5.74, 6) is 1.79. The van der Waals surface area contributed by atoms with Crippen LogP contribution in [0.2, 0.25) is 0 Å². The molecule has 0 bridgehead atoms. The van der Waals surface area contributed by atoms with Gasteiger partial charge < -0.3 is 19.5 Å². The van der Waals surface area contributed by atoms with Crippen LogP contribution >= 0.6 is 0 Å². The van der Waals surface area contributed by atoms with E-state index in [0.29, 0.717) is 13.2 Å². The van der Waals surface area contributed by atoms with E-state index in [4.69, 9.17) is 9.47 Å². The maximum atomic E-state index is 9.98. The number of fused-ring (bicyclic) bond motifs is 1. The van der Waals surface area contributed by atoms with Crippen molar-refractivity contribution >= 4 is 0 Å². The summed E-state index contributed by atoms with van der Waals surface area (Å²) in [6, 6.07) is 0. The van der Waals surface area contributed by atoms with E-state index in [0.717, 1.165) is 18.4 Å². The summed E-state index contributed by atoms with van der Waals surface area (Å²) in [6.07, 6.45) is 3.87. The second-order valence-corrected chi connectivity index (χ2v) is 5.92. The van der Waals surface area contributed by atoms with E-state index in [1.165, 1.54) is 32.4 Å². The lowest BCUT2D eigenvalue weighted by molar-refractivity contribution is -0.0386. The summed E-state index contributed by atoms with van der Waals surface area (Å²) in [4.78, 5) is 2.41. The molecule has 2 aliphatic rings. The molecule has 4 atom stereocenters. The Labute approximate surface area is 110 Å². The van der Waals surface area contributed by atoms with Crippen molar-refractivity contribution in [2.24, 2.45) is 11.8 Å². The zero-order chi connectivity index (χ0) is 13.0. The molecule has 0 radical (unpaired) electrons. The van der Waals surface area contributed by atoms with Gasteiger partial charge in [-0.2, -0.15) is 0 Å². The zero-order valence-electron chi connectivity index (χ0n) is 11.7. The highest BCUT2D eigenvalue weighted by molar-refractivity contribution is 4.89. The largest absolute Gasteiger partial charge is 0.389 e. The summed E-state index contributed by atoms with van der Waals surface area (Å²) >= 11 is 0. The molecule has 106 valence electrons. The Morgan fingerprint density at radius 1 is 1.22 bits per heavy atom. The van der Waals surface area contributed by atoms with E-state index in [1.807, 2.05) is 6.92 Å². The SMILES string of the molecule is COCC(C)OCC(O)CN1CC2CCCC2C1. The third kappa shape index (κ3) is 3.92. The normalized spacial score (nSPS) is 31.5. The van der Waals surface area contributed by atoms with Crippen LogP contribution in [-0.4, -0.2) is 62.2 Å². The molecule has 0 aromatic heterocycles. The Bertz CT molecular complexity index is 237. The van der Waals surface area contributed by atoms with Crippen LogP contribution in [0.1, 0.15) is 26.2 Å². The van der Waals surface area contributed by atoms with Gasteiger partial charge in [0.2, 0.25) is 0 Å². The molecular weight excluding hydrogens is 230 g/mol. The second-order valence-electron chi connectivity index (χ2n) is 5.92. The molecule has 1 heterocycles. The summed E-state index contributed by atoms with van der Waals surface area (Å²) < 4.78 is 10.5. The number of methoxy groups -OCH3 is 1. The molecule has 1 N–H and O–H groups in total. The van der Waals surface area contributed by atoms with Gasteiger partial charge in [-0.05, 0) is 31.6 Å². The van der Waals surface area contributed by atoms with E-state index in [9.17, 15) is 5.11 Å². The Morgan fingerprint density at radius 2 is 1.89 bits per heavy atom. The number of hydrogen-bond donors (Lipinski definition) is 1. The van der Waals surface area contributed by atoms with Gasteiger partial charge in [0.1, 0.15) is 0 Å². The van der Waals surface area contributed by atoms with Crippen molar-refractivity contribution in [3.63, 3.8) is 0 Å². The molecule has 0 aromatic rings. The standard InChI is InChI=1S/C14H27NO3/c1-11(9-17-2)18-10-14(16)8-15-6-12-4-3-5-13(12)7-15/h11-14,16H,3-10H2,1-2H3. The van der Waals surface area contributed by atoms with Gasteiger partial charge in [-0.15, -0.1) is 0 Å². The predicted octanol–water partition coefficient (Wildman–Crippen LogP) is 1.13. The molecule has 1 aliphatic heterocycles. The van der Waals surface area contributed by atoms with E-state index in [1.54, 1.807) is 7.11 Å². The first-order chi connectivity index (χ1) is 8.69. The van der Waals surface area contributed by atoms with Crippen LogP contribution in [0, 0.1) is 11.8 Å². The van der Waals surface area contributed by atoms with Gasteiger partial charge in [0.25, 0.3) is 0 Å². The Balaban J connectivity index is 1.61. The van der Waals surface area contributed by atoms with E-state index < -0.39 is 0 Å². The highest BCUT2D eigenvalue weighted by Crippen LogP contribution is 2.37. The van der Waals surface area contributed by atoms with Gasteiger partial charge in [0, 0.05) is 26.7 Å². The fraction of sp³-hybridized carbons (Fsp3) is 1.00. The maximum Gasteiger partial charge on any atom is 0.0900 e. The summed E-state index contributed by atoms with van der Waals surface area (Å²) in [5.41, 5.74) is 0. The molecule has 0 aromatic carbocycles. The van der Waals surface area contributed by atoms with Crippen LogP contribution in [0.4, 0.5) is 0 Å². The Kier molecular flexibility index (Phi) is 5.42. The van der Waals surface area contributed by atoms with Gasteiger partial charge in [-0.3, -0.25) is 0 Å². The van der Waals surface area contributed by atoms with Crippen LogP contribution in [0.25, 0.3) is 0 Å². The van der Waals surface area contributed by atoms with E-state index >= 15 is 0 Å². The molecule has 0 spiro atoms. The molecule has 4 nitrogen and oxygen atoms in total. The molecule has 4 heteroatoms. The molecular formula is C14H27NO3. The molecule has 18 heavy (non-hydrogen) atoms. The van der Waals surface area contributed by atoms with Crippen LogP contribution < -0.4 is 0 Å². The van der Waals surface area contributed by atoms with Gasteiger partial charge >= 0.3 is 0 Å². The zero-order valence-corrected chi connectivity index (χ0v) is 11.7. The minimum absolute atomic E-state index is 0.0580. The number of aliphatic hydroxyl groups excluding tert-OH is 1. The van der Waals surface area contributed by atoms with Crippen LogP contribution in [0.3, 0.4) is 0 Å². The van der Waals surface area contributed by atoms with Crippen molar-refractivity contribution in [1.82, 2.24) is 4.90 Å². The van der Waals surface area contributed by atoms with Gasteiger partial charge in [0.05, 0.1) is 25.4 Å². The lowest BCUT2D eigenvalue weighted by Gasteiger charge is -2.22. The molecule has 0 amide bonds. The second kappa shape index (κ2) is 6.85. The fourth-order valence-electron chi connectivity index (χ4n) is 3.39. The number of nitrogens with zero attached hydrogens (tertiary/aromatic N) is 1. The van der Waals surface area contributed by atoms with E-state index in [-0.39, 0.29) is 12.2 Å². The third-order valence-electron chi connectivity index (χ3n) is 4.25. The minimum atomic E-state index is -0.372. The highest BCUT2D eigenvalue weighted by Gasteiger charge is 2.36. The van der Waals surface area contributed by atoms with Crippen molar-refractivity contribution in [2.75, 3.05) is 40.0 Å². The first-order valence-electron chi connectivity index (χ1n) is 7.20. The number of aliphatic hydroxyl groups is 1. The average Bonchev–Trinajstić information content (AvgIpc) is 2.87. The van der Waals surface area contributed by atoms with Crippen LogP contribution in [0.5, 0.6) is 0 Å². The first kappa shape index (κ1) is 14.3. The highest BCUT2D eigenvalue weighted by atomic mass is 16.5. The van der Waals surface area contributed by atoms with Gasteiger partial charge in [-0.25, -0.2) is 0 Å². The molecule has 2 fully saturated rings. The van der Waals surface area contributed by atoms with Crippen molar-refractivity contribution in [2.45, 2.75) is 38.4 Å². The van der Waals surface area contributed by atoms with Crippen molar-refractivity contribution < 1.29 is 14.6 Å². The monoisotopic (exact) mass is 257 g/mol. The fourth-order valence-corrected chi connectivity index (χ4v) is 3.39. The predicted molar refractivity (Wildman–Crippen MR) is 70.6 cm³/mol. The maximum absolute atomic E-state index is 9.98. The molecule has 2 rings (SSSR count). The van der Waals surface area contributed by atoms with E-state index in [2.05, 4.69) is 4.90 Å². The number of ether oxygens (including phenoxy) is 2. The van der Waals surface area contributed by atoms with Gasteiger partial charge in [-0.1, -0.05) is 6.42 Å². The third-order valence-corrected chi connectivity index (χ3v) is 4.25.